The lowest BCUT2D eigenvalue weighted by Gasteiger charge is -2.35. The van der Waals surface area contributed by atoms with E-state index in [1.165, 1.54) is 24.9 Å². The lowest BCUT2D eigenvalue weighted by atomic mass is 9.78. The van der Waals surface area contributed by atoms with Crippen LogP contribution in [0.1, 0.15) is 38.8 Å². The second kappa shape index (κ2) is 4.48. The number of rotatable bonds is 2. The van der Waals surface area contributed by atoms with Crippen LogP contribution in [-0.4, -0.2) is 15.8 Å². The zero-order chi connectivity index (χ0) is 11.7. The van der Waals surface area contributed by atoms with E-state index < -0.39 is 0 Å². The third kappa shape index (κ3) is 2.23. The molecular formula is C13H23N3. The summed E-state index contributed by atoms with van der Waals surface area (Å²) in [4.78, 5) is 0. The first-order valence-corrected chi connectivity index (χ1v) is 6.34. The summed E-state index contributed by atoms with van der Waals surface area (Å²) in [6.07, 6.45) is 6.11. The Morgan fingerprint density at radius 3 is 2.75 bits per heavy atom. The predicted molar refractivity (Wildman–Crippen MR) is 67.5 cm³/mol. The molecule has 0 aromatic carbocycles. The van der Waals surface area contributed by atoms with Gasteiger partial charge in [0.15, 0.2) is 0 Å². The van der Waals surface area contributed by atoms with E-state index in [0.717, 1.165) is 17.5 Å². The van der Waals surface area contributed by atoms with Crippen molar-refractivity contribution < 1.29 is 0 Å². The zero-order valence-electron chi connectivity index (χ0n) is 10.8. The molecule has 1 aromatic rings. The molecule has 0 saturated heterocycles. The van der Waals surface area contributed by atoms with Gasteiger partial charge in [-0.3, -0.25) is 4.68 Å². The number of anilines is 1. The number of hydrogen-bond acceptors (Lipinski definition) is 2. The van der Waals surface area contributed by atoms with Crippen molar-refractivity contribution in [3.8, 4) is 0 Å². The highest BCUT2D eigenvalue weighted by Gasteiger charge is 2.27. The summed E-state index contributed by atoms with van der Waals surface area (Å²) < 4.78 is 1.88. The standard InChI is InChI=1S/C13H23N3/c1-9-6-5-7-12(10(9)2)14-13-8-16(4)15-11(13)3/h8-10,12,14H,5-7H2,1-4H3. The van der Waals surface area contributed by atoms with Crippen molar-refractivity contribution in [2.24, 2.45) is 18.9 Å². The average Bonchev–Trinajstić information content (AvgIpc) is 2.53. The maximum Gasteiger partial charge on any atom is 0.0825 e. The molecule has 3 heteroatoms. The van der Waals surface area contributed by atoms with Gasteiger partial charge in [0, 0.05) is 19.3 Å². The van der Waals surface area contributed by atoms with Gasteiger partial charge in [0.1, 0.15) is 0 Å². The maximum absolute atomic E-state index is 4.37. The van der Waals surface area contributed by atoms with Crippen LogP contribution in [0.15, 0.2) is 6.20 Å². The summed E-state index contributed by atoms with van der Waals surface area (Å²) in [5.41, 5.74) is 2.31. The highest BCUT2D eigenvalue weighted by molar-refractivity contribution is 5.46. The summed E-state index contributed by atoms with van der Waals surface area (Å²) in [7, 11) is 1.98. The number of aromatic nitrogens is 2. The highest BCUT2D eigenvalue weighted by atomic mass is 15.3. The molecule has 1 aliphatic rings. The van der Waals surface area contributed by atoms with E-state index in [1.54, 1.807) is 0 Å². The van der Waals surface area contributed by atoms with Crippen LogP contribution in [0.25, 0.3) is 0 Å². The SMILES string of the molecule is Cc1nn(C)cc1NC1CCCC(C)C1C. The molecule has 1 aliphatic carbocycles. The lowest BCUT2D eigenvalue weighted by molar-refractivity contribution is 0.253. The van der Waals surface area contributed by atoms with Crippen LogP contribution < -0.4 is 5.32 Å². The molecule has 16 heavy (non-hydrogen) atoms. The maximum atomic E-state index is 4.37. The molecule has 1 saturated carbocycles. The summed E-state index contributed by atoms with van der Waals surface area (Å²) in [5.74, 6) is 1.59. The van der Waals surface area contributed by atoms with E-state index in [1.807, 2.05) is 11.7 Å². The van der Waals surface area contributed by atoms with E-state index >= 15 is 0 Å². The van der Waals surface area contributed by atoms with E-state index in [0.29, 0.717) is 6.04 Å². The minimum absolute atomic E-state index is 0.617. The van der Waals surface area contributed by atoms with Crippen molar-refractivity contribution in [1.29, 1.82) is 0 Å². The van der Waals surface area contributed by atoms with Gasteiger partial charge in [-0.15, -0.1) is 0 Å². The Hall–Kier alpha value is -0.990. The van der Waals surface area contributed by atoms with E-state index in [9.17, 15) is 0 Å². The van der Waals surface area contributed by atoms with Crippen molar-refractivity contribution in [2.45, 2.75) is 46.1 Å². The second-order valence-electron chi connectivity index (χ2n) is 5.32. The van der Waals surface area contributed by atoms with Gasteiger partial charge in [-0.05, 0) is 25.2 Å². The summed E-state index contributed by atoms with van der Waals surface area (Å²) in [5, 5.41) is 8.04. The first-order valence-electron chi connectivity index (χ1n) is 6.34. The van der Waals surface area contributed by atoms with Crippen molar-refractivity contribution >= 4 is 5.69 Å². The van der Waals surface area contributed by atoms with Gasteiger partial charge in [-0.2, -0.15) is 5.10 Å². The summed E-state index contributed by atoms with van der Waals surface area (Å²) >= 11 is 0. The van der Waals surface area contributed by atoms with Crippen molar-refractivity contribution in [3.05, 3.63) is 11.9 Å². The molecule has 0 spiro atoms. The number of nitrogens with zero attached hydrogens (tertiary/aromatic N) is 2. The third-order valence-corrected chi connectivity index (χ3v) is 4.06. The zero-order valence-corrected chi connectivity index (χ0v) is 10.8. The lowest BCUT2D eigenvalue weighted by Crippen LogP contribution is -2.35. The van der Waals surface area contributed by atoms with Crippen LogP contribution in [-0.2, 0) is 7.05 Å². The Bertz CT molecular complexity index is 356. The minimum Gasteiger partial charge on any atom is -0.379 e. The van der Waals surface area contributed by atoms with Crippen LogP contribution in [0.5, 0.6) is 0 Å². The third-order valence-electron chi connectivity index (χ3n) is 4.06. The Labute approximate surface area is 98.2 Å². The molecule has 1 fully saturated rings. The molecule has 3 atom stereocenters. The predicted octanol–water partition coefficient (Wildman–Crippen LogP) is 2.97. The van der Waals surface area contributed by atoms with Gasteiger partial charge in [-0.25, -0.2) is 0 Å². The monoisotopic (exact) mass is 221 g/mol. The molecule has 90 valence electrons. The highest BCUT2D eigenvalue weighted by Crippen LogP contribution is 2.31. The molecule has 3 unspecified atom stereocenters. The molecule has 0 amide bonds. The first kappa shape index (κ1) is 11.5. The Morgan fingerprint density at radius 1 is 1.38 bits per heavy atom. The van der Waals surface area contributed by atoms with Crippen LogP contribution in [0, 0.1) is 18.8 Å². The molecule has 1 N–H and O–H groups in total. The van der Waals surface area contributed by atoms with E-state index in [-0.39, 0.29) is 0 Å². The van der Waals surface area contributed by atoms with Gasteiger partial charge in [-0.1, -0.05) is 26.7 Å². The van der Waals surface area contributed by atoms with Gasteiger partial charge in [0.05, 0.1) is 11.4 Å². The fraction of sp³-hybridized carbons (Fsp3) is 0.769. The molecule has 1 heterocycles. The fourth-order valence-electron chi connectivity index (χ4n) is 2.73. The van der Waals surface area contributed by atoms with Crippen molar-refractivity contribution in [2.75, 3.05) is 5.32 Å². The molecule has 3 nitrogen and oxygen atoms in total. The summed E-state index contributed by atoms with van der Waals surface area (Å²) in [6, 6.07) is 0.617. The molecule has 0 aliphatic heterocycles. The molecule has 2 rings (SSSR count). The van der Waals surface area contributed by atoms with Crippen LogP contribution in [0.4, 0.5) is 5.69 Å². The average molecular weight is 221 g/mol. The smallest absolute Gasteiger partial charge is 0.0825 e. The van der Waals surface area contributed by atoms with Gasteiger partial charge >= 0.3 is 0 Å². The first-order chi connectivity index (χ1) is 7.58. The molecular weight excluding hydrogens is 198 g/mol. The van der Waals surface area contributed by atoms with Crippen LogP contribution in [0.2, 0.25) is 0 Å². The van der Waals surface area contributed by atoms with Gasteiger partial charge in [0.25, 0.3) is 0 Å². The summed E-state index contributed by atoms with van der Waals surface area (Å²) in [6.45, 7) is 6.81. The Kier molecular flexibility index (Phi) is 3.22. The van der Waals surface area contributed by atoms with Crippen LogP contribution >= 0.6 is 0 Å². The largest absolute Gasteiger partial charge is 0.379 e. The minimum atomic E-state index is 0.617. The van der Waals surface area contributed by atoms with E-state index in [4.69, 9.17) is 0 Å². The number of hydrogen-bond donors (Lipinski definition) is 1. The molecule has 0 bridgehead atoms. The van der Waals surface area contributed by atoms with Gasteiger partial charge < -0.3 is 5.32 Å². The quantitative estimate of drug-likeness (QED) is 0.832. The Balaban J connectivity index is 2.06. The normalized spacial score (nSPS) is 30.4. The molecule has 1 aromatic heterocycles. The van der Waals surface area contributed by atoms with Gasteiger partial charge in [0.2, 0.25) is 0 Å². The van der Waals surface area contributed by atoms with E-state index in [2.05, 4.69) is 37.4 Å². The fourth-order valence-corrected chi connectivity index (χ4v) is 2.73. The number of nitrogens with one attached hydrogen (secondary N) is 1. The number of aryl methyl sites for hydroxylation is 2. The van der Waals surface area contributed by atoms with Crippen molar-refractivity contribution in [1.82, 2.24) is 9.78 Å². The topological polar surface area (TPSA) is 29.9 Å². The van der Waals surface area contributed by atoms with Crippen LogP contribution in [0.3, 0.4) is 0 Å². The second-order valence-corrected chi connectivity index (χ2v) is 5.32. The molecule has 0 radical (unpaired) electrons. The Morgan fingerprint density at radius 2 is 2.12 bits per heavy atom. The van der Waals surface area contributed by atoms with Crippen molar-refractivity contribution in [3.63, 3.8) is 0 Å².